The predicted molar refractivity (Wildman–Crippen MR) is 83.2 cm³/mol. The summed E-state index contributed by atoms with van der Waals surface area (Å²) >= 11 is 0. The van der Waals surface area contributed by atoms with E-state index < -0.39 is 12.1 Å². The first kappa shape index (κ1) is 15.6. The second-order valence-electron chi connectivity index (χ2n) is 7.78. The van der Waals surface area contributed by atoms with Gasteiger partial charge in [-0.2, -0.15) is 0 Å². The molecule has 2 aliphatic carbocycles. The molecule has 5 nitrogen and oxygen atoms in total. The van der Waals surface area contributed by atoms with Crippen LogP contribution in [0.25, 0.3) is 0 Å². The minimum absolute atomic E-state index is 0.0595. The molecule has 0 radical (unpaired) electrons. The molecule has 0 aromatic heterocycles. The lowest BCUT2D eigenvalue weighted by Gasteiger charge is -2.39. The van der Waals surface area contributed by atoms with Crippen LogP contribution in [0.5, 0.6) is 0 Å². The average molecular weight is 308 g/mol. The topological polar surface area (TPSA) is 58.6 Å². The normalized spacial score (nSPS) is 34.5. The van der Waals surface area contributed by atoms with E-state index in [0.29, 0.717) is 12.0 Å². The lowest BCUT2D eigenvalue weighted by atomic mass is 9.68. The van der Waals surface area contributed by atoms with Gasteiger partial charge in [0.25, 0.3) is 0 Å². The van der Waals surface area contributed by atoms with Crippen molar-refractivity contribution >= 4 is 12.0 Å². The molecule has 2 unspecified atom stereocenters. The number of ether oxygens (including phenoxy) is 1. The van der Waals surface area contributed by atoms with Crippen LogP contribution in [0, 0.1) is 23.7 Å². The minimum atomic E-state index is -0.521. The first-order valence-corrected chi connectivity index (χ1v) is 8.62. The van der Waals surface area contributed by atoms with Gasteiger partial charge in [0.15, 0.2) is 0 Å². The van der Waals surface area contributed by atoms with Crippen molar-refractivity contribution in [3.63, 3.8) is 0 Å². The van der Waals surface area contributed by atoms with Crippen molar-refractivity contribution in [2.75, 3.05) is 13.7 Å². The van der Waals surface area contributed by atoms with E-state index in [1.54, 1.807) is 0 Å². The van der Waals surface area contributed by atoms with Gasteiger partial charge in [-0.1, -0.05) is 13.8 Å². The lowest BCUT2D eigenvalue weighted by Crippen LogP contribution is -2.54. The smallest absolute Gasteiger partial charge is 0.407 e. The highest BCUT2D eigenvalue weighted by Gasteiger charge is 2.45. The third-order valence-corrected chi connectivity index (χ3v) is 5.78. The molecule has 3 atom stereocenters. The van der Waals surface area contributed by atoms with E-state index in [9.17, 15) is 9.59 Å². The van der Waals surface area contributed by atoms with Gasteiger partial charge in [-0.3, -0.25) is 4.79 Å². The summed E-state index contributed by atoms with van der Waals surface area (Å²) in [7, 11) is 1.34. The van der Waals surface area contributed by atoms with E-state index in [2.05, 4.69) is 15.0 Å². The van der Waals surface area contributed by atoms with Crippen LogP contribution in [0.4, 0.5) is 4.79 Å². The summed E-state index contributed by atoms with van der Waals surface area (Å²) in [5.41, 5.74) is 0. The van der Waals surface area contributed by atoms with Crippen molar-refractivity contribution in [1.82, 2.24) is 10.2 Å². The van der Waals surface area contributed by atoms with Gasteiger partial charge in [0.1, 0.15) is 6.04 Å². The van der Waals surface area contributed by atoms with Gasteiger partial charge in [0, 0.05) is 12.6 Å². The molecule has 2 heterocycles. The Morgan fingerprint density at radius 2 is 1.64 bits per heavy atom. The third-order valence-electron chi connectivity index (χ3n) is 5.78. The zero-order valence-electron chi connectivity index (χ0n) is 13.9. The molecule has 2 aliphatic heterocycles. The van der Waals surface area contributed by atoms with Crippen molar-refractivity contribution in [3.8, 4) is 0 Å². The maximum atomic E-state index is 13.1. The molecule has 0 spiro atoms. The Bertz CT molecular complexity index is 437. The maximum Gasteiger partial charge on any atom is 0.407 e. The molecule has 4 bridgehead atoms. The zero-order valence-corrected chi connectivity index (χ0v) is 13.9. The van der Waals surface area contributed by atoms with Gasteiger partial charge in [0.2, 0.25) is 5.91 Å². The Balaban J connectivity index is 1.76. The molecule has 4 rings (SSSR count). The molecule has 22 heavy (non-hydrogen) atoms. The molecule has 4 fully saturated rings. The molecule has 2 saturated heterocycles. The minimum Gasteiger partial charge on any atom is -0.453 e. The molecular formula is C17H28N2O3. The fourth-order valence-corrected chi connectivity index (χ4v) is 4.93. The molecule has 124 valence electrons. The van der Waals surface area contributed by atoms with Crippen LogP contribution < -0.4 is 5.32 Å². The van der Waals surface area contributed by atoms with Crippen molar-refractivity contribution in [1.29, 1.82) is 0 Å². The number of fused-ring (bicyclic) bond motifs is 1. The van der Waals surface area contributed by atoms with E-state index in [0.717, 1.165) is 31.2 Å². The van der Waals surface area contributed by atoms with E-state index >= 15 is 0 Å². The molecule has 1 N–H and O–H groups in total. The number of nitrogens with zero attached hydrogens (tertiary/aromatic N) is 1. The molecule has 0 aromatic carbocycles. The summed E-state index contributed by atoms with van der Waals surface area (Å²) in [6.07, 6.45) is 5.72. The van der Waals surface area contributed by atoms with Crippen LogP contribution in [0.15, 0.2) is 0 Å². The van der Waals surface area contributed by atoms with Crippen LogP contribution >= 0.6 is 0 Å². The van der Waals surface area contributed by atoms with E-state index in [4.69, 9.17) is 0 Å². The number of amides is 2. The standard InChI is InChI=1S/C17H28N2O3/c1-10(2)15(18-17(21)22-3)16(20)19-9-13-5-11-4-12(6-13)8-14(19)7-11/h10-15H,4-9H2,1-3H3,(H,18,21)/t11?,12?,13?,14?,15-/m0/s1. The fraction of sp³-hybridized carbons (Fsp3) is 0.882. The predicted octanol–water partition coefficient (Wildman–Crippen LogP) is 2.40. The zero-order chi connectivity index (χ0) is 15.9. The molecule has 0 aromatic rings. The summed E-state index contributed by atoms with van der Waals surface area (Å²) in [6.45, 7) is 4.82. The summed E-state index contributed by atoms with van der Waals surface area (Å²) in [5, 5.41) is 2.73. The molecule has 2 saturated carbocycles. The number of hydrogen-bond acceptors (Lipinski definition) is 3. The van der Waals surface area contributed by atoms with Crippen LogP contribution in [0.1, 0.15) is 46.0 Å². The van der Waals surface area contributed by atoms with Gasteiger partial charge in [-0.25, -0.2) is 4.79 Å². The Labute approximate surface area is 132 Å². The number of methoxy groups -OCH3 is 1. The first-order chi connectivity index (χ1) is 10.5. The number of nitrogens with one attached hydrogen (secondary N) is 1. The second-order valence-corrected chi connectivity index (χ2v) is 7.78. The Morgan fingerprint density at radius 3 is 2.18 bits per heavy atom. The molecule has 5 heteroatoms. The van der Waals surface area contributed by atoms with Crippen molar-refractivity contribution in [2.45, 2.75) is 58.0 Å². The van der Waals surface area contributed by atoms with Crippen LogP contribution in [0.2, 0.25) is 0 Å². The largest absolute Gasteiger partial charge is 0.453 e. The quantitative estimate of drug-likeness (QED) is 0.871. The number of carbonyl (C=O) groups excluding carboxylic acids is 2. The summed E-state index contributed by atoms with van der Waals surface area (Å²) in [4.78, 5) is 26.7. The van der Waals surface area contributed by atoms with Crippen LogP contribution in [-0.4, -0.2) is 42.6 Å². The van der Waals surface area contributed by atoms with Crippen LogP contribution in [-0.2, 0) is 9.53 Å². The van der Waals surface area contributed by atoms with Crippen molar-refractivity contribution < 1.29 is 14.3 Å². The van der Waals surface area contributed by atoms with E-state index in [-0.39, 0.29) is 11.8 Å². The van der Waals surface area contributed by atoms with Gasteiger partial charge >= 0.3 is 6.09 Å². The number of hydrogen-bond donors (Lipinski definition) is 1. The number of carbonyl (C=O) groups is 2. The summed E-state index contributed by atoms with van der Waals surface area (Å²) in [6, 6.07) is -0.104. The fourth-order valence-electron chi connectivity index (χ4n) is 4.93. The SMILES string of the molecule is COC(=O)N[C@H](C(=O)N1CC2CC3CC(C2)CC1C3)C(C)C. The highest BCUT2D eigenvalue weighted by molar-refractivity contribution is 5.86. The number of rotatable bonds is 3. The van der Waals surface area contributed by atoms with Crippen molar-refractivity contribution in [3.05, 3.63) is 0 Å². The summed E-state index contributed by atoms with van der Waals surface area (Å²) < 4.78 is 4.68. The Kier molecular flexibility index (Phi) is 4.33. The first-order valence-electron chi connectivity index (χ1n) is 8.62. The highest BCUT2D eigenvalue weighted by Crippen LogP contribution is 2.47. The molecule has 2 amide bonds. The van der Waals surface area contributed by atoms with Gasteiger partial charge in [-0.05, 0) is 55.8 Å². The number of alkyl carbamates (subject to hydrolysis) is 1. The van der Waals surface area contributed by atoms with Crippen LogP contribution in [0.3, 0.4) is 0 Å². The average Bonchev–Trinajstić information content (AvgIpc) is 2.67. The summed E-state index contributed by atoms with van der Waals surface area (Å²) in [5.74, 6) is 2.42. The Hall–Kier alpha value is -1.26. The van der Waals surface area contributed by atoms with Gasteiger partial charge in [0.05, 0.1) is 7.11 Å². The van der Waals surface area contributed by atoms with E-state index in [1.165, 1.54) is 26.4 Å². The molecular weight excluding hydrogens is 280 g/mol. The lowest BCUT2D eigenvalue weighted by molar-refractivity contribution is -0.137. The monoisotopic (exact) mass is 308 g/mol. The maximum absolute atomic E-state index is 13.1. The third kappa shape index (κ3) is 2.95. The second kappa shape index (κ2) is 6.09. The highest BCUT2D eigenvalue weighted by atomic mass is 16.5. The van der Waals surface area contributed by atoms with E-state index in [1.807, 2.05) is 13.8 Å². The van der Waals surface area contributed by atoms with Crippen molar-refractivity contribution in [2.24, 2.45) is 23.7 Å². The van der Waals surface area contributed by atoms with Gasteiger partial charge < -0.3 is 15.0 Å². The Morgan fingerprint density at radius 1 is 1.05 bits per heavy atom. The molecule has 4 aliphatic rings. The van der Waals surface area contributed by atoms with Gasteiger partial charge in [-0.15, -0.1) is 0 Å².